The molecule has 5 nitrogen and oxygen atoms in total. The third kappa shape index (κ3) is 2.38. The van der Waals surface area contributed by atoms with Crippen molar-refractivity contribution >= 4 is 39.1 Å². The van der Waals surface area contributed by atoms with E-state index in [0.717, 1.165) is 5.39 Å². The van der Waals surface area contributed by atoms with E-state index in [2.05, 4.69) is 9.97 Å². The molecular weight excluding hydrogens is 345 g/mol. The molecule has 7 heteroatoms. The van der Waals surface area contributed by atoms with Crippen LogP contribution in [0.15, 0.2) is 42.5 Å². The summed E-state index contributed by atoms with van der Waals surface area (Å²) < 4.78 is 15.2. The molecule has 0 fully saturated rings. The average Bonchev–Trinajstić information content (AvgIpc) is 2.56. The van der Waals surface area contributed by atoms with Crippen molar-refractivity contribution in [2.75, 3.05) is 5.73 Å². The number of rotatable bonds is 1. The van der Waals surface area contributed by atoms with E-state index in [1.165, 1.54) is 12.1 Å². The van der Waals surface area contributed by atoms with E-state index in [1.807, 2.05) is 12.1 Å². The number of phenols is 1. The molecule has 0 atom stereocenters. The maximum absolute atomic E-state index is 15.2. The van der Waals surface area contributed by atoms with Gasteiger partial charge >= 0.3 is 6.01 Å². The second kappa shape index (κ2) is 5.46. The molecule has 0 radical (unpaired) electrons. The first-order valence-corrected chi connectivity index (χ1v) is 7.70. The highest BCUT2D eigenvalue weighted by Gasteiger charge is 2.20. The lowest BCUT2D eigenvalue weighted by atomic mass is 9.96. The van der Waals surface area contributed by atoms with Crippen molar-refractivity contribution in [3.05, 3.63) is 53.3 Å². The van der Waals surface area contributed by atoms with Gasteiger partial charge in [0.1, 0.15) is 17.1 Å². The van der Waals surface area contributed by atoms with Gasteiger partial charge in [0.25, 0.3) is 0 Å². The highest BCUT2D eigenvalue weighted by molar-refractivity contribution is 6.35. The van der Waals surface area contributed by atoms with Crippen LogP contribution in [0.5, 0.6) is 11.8 Å². The Morgan fingerprint density at radius 1 is 1.00 bits per heavy atom. The maximum Gasteiger partial charge on any atom is 0.316 e. The van der Waals surface area contributed by atoms with Gasteiger partial charge in [-0.05, 0) is 34.5 Å². The van der Waals surface area contributed by atoms with Gasteiger partial charge in [-0.1, -0.05) is 35.9 Å². The molecule has 0 saturated carbocycles. The fourth-order valence-corrected chi connectivity index (χ4v) is 3.25. The van der Waals surface area contributed by atoms with E-state index in [1.54, 1.807) is 18.2 Å². The Hall–Kier alpha value is -3.12. The lowest BCUT2D eigenvalue weighted by Crippen LogP contribution is -1.98. The minimum absolute atomic E-state index is 0.0192. The minimum atomic E-state index is -0.748. The van der Waals surface area contributed by atoms with Crippen LogP contribution in [0, 0.1) is 5.82 Å². The highest BCUT2D eigenvalue weighted by Crippen LogP contribution is 2.41. The van der Waals surface area contributed by atoms with Crippen molar-refractivity contribution in [2.24, 2.45) is 0 Å². The number of nitrogens with two attached hydrogens (primary N) is 1. The maximum atomic E-state index is 15.2. The van der Waals surface area contributed by atoms with Crippen LogP contribution in [0.1, 0.15) is 0 Å². The van der Waals surface area contributed by atoms with Gasteiger partial charge in [0, 0.05) is 10.9 Å². The van der Waals surface area contributed by atoms with Crippen molar-refractivity contribution in [3.63, 3.8) is 0 Å². The van der Waals surface area contributed by atoms with Gasteiger partial charge < -0.3 is 15.9 Å². The molecule has 124 valence electrons. The molecule has 0 spiro atoms. The first kappa shape index (κ1) is 15.4. The highest BCUT2D eigenvalue weighted by atomic mass is 35.5. The summed E-state index contributed by atoms with van der Waals surface area (Å²) in [5.41, 5.74) is 6.06. The van der Waals surface area contributed by atoms with Crippen LogP contribution in [0.25, 0.3) is 32.8 Å². The summed E-state index contributed by atoms with van der Waals surface area (Å²) in [5.74, 6) is -0.840. The van der Waals surface area contributed by atoms with Crippen molar-refractivity contribution in [1.82, 2.24) is 9.97 Å². The van der Waals surface area contributed by atoms with Crippen LogP contribution in [-0.4, -0.2) is 20.2 Å². The lowest BCUT2D eigenvalue weighted by Gasteiger charge is -2.13. The second-order valence-electron chi connectivity index (χ2n) is 5.57. The quantitative estimate of drug-likeness (QED) is 0.475. The third-order valence-corrected chi connectivity index (χ3v) is 4.31. The van der Waals surface area contributed by atoms with Crippen LogP contribution in [0.3, 0.4) is 0 Å². The normalized spacial score (nSPS) is 11.3. The number of nitrogen functional groups attached to an aromatic ring is 1. The van der Waals surface area contributed by atoms with E-state index >= 15 is 4.39 Å². The number of anilines is 1. The van der Waals surface area contributed by atoms with E-state index in [0.29, 0.717) is 10.9 Å². The van der Waals surface area contributed by atoms with E-state index in [9.17, 15) is 10.2 Å². The number of halogens is 2. The Kier molecular flexibility index (Phi) is 3.36. The van der Waals surface area contributed by atoms with E-state index in [-0.39, 0.29) is 33.1 Å². The van der Waals surface area contributed by atoms with Crippen molar-refractivity contribution in [3.8, 4) is 22.9 Å². The van der Waals surface area contributed by atoms with Gasteiger partial charge in [0.05, 0.1) is 5.02 Å². The predicted octanol–water partition coefficient (Wildman–Crippen LogP) is 4.24. The zero-order valence-electron chi connectivity index (χ0n) is 12.7. The van der Waals surface area contributed by atoms with Gasteiger partial charge in [0.2, 0.25) is 0 Å². The molecule has 0 aliphatic heterocycles. The Morgan fingerprint density at radius 3 is 2.56 bits per heavy atom. The van der Waals surface area contributed by atoms with Gasteiger partial charge in [0.15, 0.2) is 5.82 Å². The molecule has 0 unspecified atom stereocenters. The fourth-order valence-electron chi connectivity index (χ4n) is 2.95. The number of hydrogen-bond acceptors (Lipinski definition) is 5. The molecule has 4 aromatic rings. The third-order valence-electron chi connectivity index (χ3n) is 4.02. The fraction of sp³-hybridized carbons (Fsp3) is 0. The summed E-state index contributed by atoms with van der Waals surface area (Å²) >= 11 is 6.31. The van der Waals surface area contributed by atoms with Crippen molar-refractivity contribution < 1.29 is 14.6 Å². The van der Waals surface area contributed by atoms with Crippen LogP contribution >= 0.6 is 11.6 Å². The molecule has 1 aromatic heterocycles. The largest absolute Gasteiger partial charge is 0.508 e. The number of nitrogens with zero attached hydrogens (tertiary/aromatic N) is 2. The number of hydrogen-bond donors (Lipinski definition) is 3. The molecule has 1 heterocycles. The van der Waals surface area contributed by atoms with Gasteiger partial charge in [-0.2, -0.15) is 9.97 Å². The molecule has 0 aliphatic rings. The zero-order chi connectivity index (χ0) is 17.7. The standard InChI is InChI=1S/C18H11ClFN3O2/c19-13-7-12-16(22-18(25)23-17(12)21)15(20)14(13)11-6-9(24)5-8-3-1-2-4-10(8)11/h1-7,24H,(H3,21,22,23,25). The SMILES string of the molecule is Nc1nc(O)nc2c(F)c(-c3cc(O)cc4ccccc34)c(Cl)cc12. The summed E-state index contributed by atoms with van der Waals surface area (Å²) in [5, 5.41) is 21.3. The van der Waals surface area contributed by atoms with E-state index < -0.39 is 11.8 Å². The molecule has 0 amide bonds. The Bertz CT molecular complexity index is 1160. The predicted molar refractivity (Wildman–Crippen MR) is 95.2 cm³/mol. The van der Waals surface area contributed by atoms with E-state index in [4.69, 9.17) is 17.3 Å². The molecular formula is C18H11ClFN3O2. The van der Waals surface area contributed by atoms with Gasteiger partial charge in [-0.3, -0.25) is 0 Å². The summed E-state index contributed by atoms with van der Waals surface area (Å²) in [6, 6.07) is 11.1. The summed E-state index contributed by atoms with van der Waals surface area (Å²) in [7, 11) is 0. The summed E-state index contributed by atoms with van der Waals surface area (Å²) in [6.45, 7) is 0. The van der Waals surface area contributed by atoms with Crippen LogP contribution in [-0.2, 0) is 0 Å². The lowest BCUT2D eigenvalue weighted by molar-refractivity contribution is 0.433. The molecule has 0 saturated heterocycles. The molecule has 4 N–H and O–H groups in total. The molecule has 25 heavy (non-hydrogen) atoms. The molecule has 3 aromatic carbocycles. The van der Waals surface area contributed by atoms with Crippen LogP contribution in [0.2, 0.25) is 5.02 Å². The Balaban J connectivity index is 2.16. The summed E-state index contributed by atoms with van der Waals surface area (Å²) in [6.07, 6.45) is 0. The first-order chi connectivity index (χ1) is 12.0. The minimum Gasteiger partial charge on any atom is -0.508 e. The number of benzene rings is 3. The number of aromatic hydroxyl groups is 2. The Morgan fingerprint density at radius 2 is 1.76 bits per heavy atom. The van der Waals surface area contributed by atoms with Gasteiger partial charge in [-0.25, -0.2) is 4.39 Å². The smallest absolute Gasteiger partial charge is 0.316 e. The summed E-state index contributed by atoms with van der Waals surface area (Å²) in [4.78, 5) is 7.34. The monoisotopic (exact) mass is 355 g/mol. The van der Waals surface area contributed by atoms with Crippen LogP contribution in [0.4, 0.5) is 10.2 Å². The average molecular weight is 356 g/mol. The number of phenolic OH excluding ortho intramolecular Hbond substituents is 1. The van der Waals surface area contributed by atoms with Crippen LogP contribution < -0.4 is 5.73 Å². The molecule has 0 aliphatic carbocycles. The van der Waals surface area contributed by atoms with Crippen molar-refractivity contribution in [1.29, 1.82) is 0 Å². The Labute approximate surface area is 146 Å². The van der Waals surface area contributed by atoms with Gasteiger partial charge in [-0.15, -0.1) is 0 Å². The molecule has 0 bridgehead atoms. The topological polar surface area (TPSA) is 92.3 Å². The number of fused-ring (bicyclic) bond motifs is 2. The first-order valence-electron chi connectivity index (χ1n) is 7.32. The number of aromatic nitrogens is 2. The van der Waals surface area contributed by atoms with Crippen molar-refractivity contribution in [2.45, 2.75) is 0 Å². The molecule has 4 rings (SSSR count). The second-order valence-corrected chi connectivity index (χ2v) is 5.97. The zero-order valence-corrected chi connectivity index (χ0v) is 13.4.